The highest BCUT2D eigenvalue weighted by Gasteiger charge is 2.22. The topological polar surface area (TPSA) is 73.8 Å². The van der Waals surface area contributed by atoms with E-state index in [1.54, 1.807) is 17.7 Å². The number of aryl methyl sites for hydroxylation is 2. The quantitative estimate of drug-likeness (QED) is 0.669. The Kier molecular flexibility index (Phi) is 5.09. The van der Waals surface area contributed by atoms with Crippen LogP contribution in [0.5, 0.6) is 0 Å². The molecule has 0 aliphatic carbocycles. The number of nitrogens with zero attached hydrogens (tertiary/aromatic N) is 3. The largest absolute Gasteiger partial charge is 0.368 e. The third kappa shape index (κ3) is 4.00. The second kappa shape index (κ2) is 7.43. The molecule has 0 fully saturated rings. The standard InChI is InChI=1S/C16H16N4OS2/c17-15(21)14(12-5-2-1-3-6-12)23-16-19-18-11-20(16)9-8-13-7-4-10-22-13/h1-7,10-11,14H,8-9H2,(H2,17,21)/t14-/m0/s1. The van der Waals surface area contributed by atoms with Gasteiger partial charge >= 0.3 is 0 Å². The molecule has 0 unspecified atom stereocenters. The summed E-state index contributed by atoms with van der Waals surface area (Å²) >= 11 is 3.07. The number of hydrogen-bond donors (Lipinski definition) is 1. The fraction of sp³-hybridized carbons (Fsp3) is 0.188. The second-order valence-electron chi connectivity index (χ2n) is 4.95. The SMILES string of the molecule is NC(=O)[C@@H](Sc1nncn1CCc1cccs1)c1ccccc1. The molecular formula is C16H16N4OS2. The van der Waals surface area contributed by atoms with E-state index in [1.165, 1.54) is 16.6 Å². The van der Waals surface area contributed by atoms with E-state index in [2.05, 4.69) is 21.6 Å². The third-order valence-electron chi connectivity index (χ3n) is 3.34. The number of amides is 1. The van der Waals surface area contributed by atoms with E-state index >= 15 is 0 Å². The van der Waals surface area contributed by atoms with Crippen LogP contribution in [0.25, 0.3) is 0 Å². The van der Waals surface area contributed by atoms with Crippen molar-refractivity contribution in [3.8, 4) is 0 Å². The summed E-state index contributed by atoms with van der Waals surface area (Å²) in [5, 5.41) is 10.4. The Bertz CT molecular complexity index is 756. The van der Waals surface area contributed by atoms with Gasteiger partial charge in [0.05, 0.1) is 0 Å². The molecule has 1 aromatic carbocycles. The highest BCUT2D eigenvalue weighted by Crippen LogP contribution is 2.33. The number of hydrogen-bond acceptors (Lipinski definition) is 5. The normalized spacial score (nSPS) is 12.2. The first kappa shape index (κ1) is 15.8. The summed E-state index contributed by atoms with van der Waals surface area (Å²) in [6.07, 6.45) is 2.61. The van der Waals surface area contributed by atoms with Gasteiger partial charge in [-0.25, -0.2) is 0 Å². The summed E-state index contributed by atoms with van der Waals surface area (Å²) in [7, 11) is 0. The molecule has 3 aromatic rings. The van der Waals surface area contributed by atoms with Crippen molar-refractivity contribution >= 4 is 29.0 Å². The van der Waals surface area contributed by atoms with Crippen molar-refractivity contribution in [3.63, 3.8) is 0 Å². The molecule has 0 aliphatic rings. The molecule has 0 spiro atoms. The lowest BCUT2D eigenvalue weighted by Crippen LogP contribution is -2.19. The van der Waals surface area contributed by atoms with Gasteiger partial charge in [0.1, 0.15) is 11.6 Å². The van der Waals surface area contributed by atoms with Crippen molar-refractivity contribution in [2.24, 2.45) is 5.73 Å². The lowest BCUT2D eigenvalue weighted by atomic mass is 10.1. The molecule has 2 heterocycles. The minimum Gasteiger partial charge on any atom is -0.368 e. The van der Waals surface area contributed by atoms with Crippen molar-refractivity contribution in [1.82, 2.24) is 14.8 Å². The fourth-order valence-electron chi connectivity index (χ4n) is 2.20. The van der Waals surface area contributed by atoms with Crippen LogP contribution in [-0.2, 0) is 17.8 Å². The van der Waals surface area contributed by atoms with E-state index in [1.807, 2.05) is 41.0 Å². The minimum atomic E-state index is -0.471. The Balaban J connectivity index is 1.74. The molecule has 0 saturated heterocycles. The maximum Gasteiger partial charge on any atom is 0.235 e. The van der Waals surface area contributed by atoms with Gasteiger partial charge in [-0.3, -0.25) is 4.79 Å². The number of benzene rings is 1. The molecule has 0 bridgehead atoms. The van der Waals surface area contributed by atoms with E-state index in [0.717, 1.165) is 18.5 Å². The monoisotopic (exact) mass is 344 g/mol. The van der Waals surface area contributed by atoms with Crippen LogP contribution in [0.15, 0.2) is 59.3 Å². The van der Waals surface area contributed by atoms with Crippen molar-refractivity contribution < 1.29 is 4.79 Å². The highest BCUT2D eigenvalue weighted by atomic mass is 32.2. The average Bonchev–Trinajstić information content (AvgIpc) is 3.22. The Morgan fingerprint density at radius 3 is 2.78 bits per heavy atom. The maximum atomic E-state index is 11.8. The Labute approximate surface area is 142 Å². The van der Waals surface area contributed by atoms with Crippen molar-refractivity contribution in [3.05, 3.63) is 64.6 Å². The molecule has 118 valence electrons. The van der Waals surface area contributed by atoms with Gasteiger partial charge in [-0.15, -0.1) is 21.5 Å². The van der Waals surface area contributed by atoms with Crippen LogP contribution in [0, 0.1) is 0 Å². The summed E-state index contributed by atoms with van der Waals surface area (Å²) in [6, 6.07) is 13.7. The van der Waals surface area contributed by atoms with Crippen LogP contribution < -0.4 is 5.73 Å². The Morgan fingerprint density at radius 1 is 1.26 bits per heavy atom. The van der Waals surface area contributed by atoms with E-state index in [9.17, 15) is 4.79 Å². The predicted octanol–water partition coefficient (Wildman–Crippen LogP) is 2.90. The molecule has 1 atom stereocenters. The fourth-order valence-corrected chi connectivity index (χ4v) is 3.88. The van der Waals surface area contributed by atoms with Crippen LogP contribution in [0.4, 0.5) is 0 Å². The second-order valence-corrected chi connectivity index (χ2v) is 7.05. The number of primary amides is 1. The lowest BCUT2D eigenvalue weighted by molar-refractivity contribution is -0.117. The van der Waals surface area contributed by atoms with Gasteiger partial charge in [0.2, 0.25) is 5.91 Å². The van der Waals surface area contributed by atoms with E-state index in [-0.39, 0.29) is 5.91 Å². The average molecular weight is 344 g/mol. The molecule has 0 saturated carbocycles. The summed E-state index contributed by atoms with van der Waals surface area (Å²) < 4.78 is 1.96. The number of thiophene rings is 1. The third-order valence-corrected chi connectivity index (χ3v) is 5.55. The molecule has 23 heavy (non-hydrogen) atoms. The number of aromatic nitrogens is 3. The van der Waals surface area contributed by atoms with Gasteiger partial charge in [-0.2, -0.15) is 0 Å². The summed E-state index contributed by atoms with van der Waals surface area (Å²) in [6.45, 7) is 0.774. The number of thioether (sulfide) groups is 1. The van der Waals surface area contributed by atoms with Crippen LogP contribution >= 0.6 is 23.1 Å². The first-order valence-corrected chi connectivity index (χ1v) is 8.91. The van der Waals surface area contributed by atoms with E-state index in [0.29, 0.717) is 5.16 Å². The number of rotatable bonds is 7. The Hall–Kier alpha value is -2.12. The highest BCUT2D eigenvalue weighted by molar-refractivity contribution is 8.00. The van der Waals surface area contributed by atoms with Crippen LogP contribution in [-0.4, -0.2) is 20.7 Å². The molecular weight excluding hydrogens is 328 g/mol. The number of carbonyl (C=O) groups excluding carboxylic acids is 1. The Morgan fingerprint density at radius 2 is 2.09 bits per heavy atom. The van der Waals surface area contributed by atoms with Crippen molar-refractivity contribution in [2.75, 3.05) is 0 Å². The van der Waals surface area contributed by atoms with Crippen LogP contribution in [0.3, 0.4) is 0 Å². The first-order valence-electron chi connectivity index (χ1n) is 7.15. The number of nitrogens with two attached hydrogens (primary N) is 1. The van der Waals surface area contributed by atoms with Crippen LogP contribution in [0.2, 0.25) is 0 Å². The van der Waals surface area contributed by atoms with Crippen LogP contribution in [0.1, 0.15) is 15.7 Å². The smallest absolute Gasteiger partial charge is 0.235 e. The van der Waals surface area contributed by atoms with Gasteiger partial charge in [0, 0.05) is 11.4 Å². The van der Waals surface area contributed by atoms with E-state index < -0.39 is 5.25 Å². The molecule has 3 rings (SSSR count). The van der Waals surface area contributed by atoms with Crippen molar-refractivity contribution in [1.29, 1.82) is 0 Å². The van der Waals surface area contributed by atoms with Crippen molar-refractivity contribution in [2.45, 2.75) is 23.4 Å². The van der Waals surface area contributed by atoms with Gasteiger partial charge in [0.25, 0.3) is 0 Å². The molecule has 0 aliphatic heterocycles. The zero-order valence-electron chi connectivity index (χ0n) is 12.3. The molecule has 7 heteroatoms. The molecule has 5 nitrogen and oxygen atoms in total. The molecule has 2 aromatic heterocycles. The lowest BCUT2D eigenvalue weighted by Gasteiger charge is -2.13. The molecule has 2 N–H and O–H groups in total. The van der Waals surface area contributed by atoms with Gasteiger partial charge in [-0.05, 0) is 23.4 Å². The zero-order valence-corrected chi connectivity index (χ0v) is 14.0. The van der Waals surface area contributed by atoms with E-state index in [4.69, 9.17) is 5.73 Å². The summed E-state index contributed by atoms with van der Waals surface area (Å²) in [5.74, 6) is -0.381. The molecule has 0 radical (unpaired) electrons. The maximum absolute atomic E-state index is 11.8. The predicted molar refractivity (Wildman–Crippen MR) is 92.3 cm³/mol. The van der Waals surface area contributed by atoms with Gasteiger partial charge in [-0.1, -0.05) is 48.2 Å². The zero-order chi connectivity index (χ0) is 16.1. The number of carbonyl (C=O) groups is 1. The first-order chi connectivity index (χ1) is 11.2. The van der Waals surface area contributed by atoms with Gasteiger partial charge in [0.15, 0.2) is 5.16 Å². The summed E-state index contributed by atoms with van der Waals surface area (Å²) in [5.41, 5.74) is 6.44. The minimum absolute atomic E-state index is 0.381. The van der Waals surface area contributed by atoms with Gasteiger partial charge < -0.3 is 10.3 Å². The molecule has 1 amide bonds. The summed E-state index contributed by atoms with van der Waals surface area (Å²) in [4.78, 5) is 13.1.